The number of nitrogens with one attached hydrogen (secondary N) is 1. The maximum absolute atomic E-state index is 4.56. The van der Waals surface area contributed by atoms with E-state index in [1.54, 1.807) is 12.4 Å². The zero-order chi connectivity index (χ0) is 12.4. The minimum atomic E-state index is 0.540. The van der Waals surface area contributed by atoms with Gasteiger partial charge in [-0.05, 0) is 19.8 Å². The molecule has 2 aromatic rings. The topological polar surface area (TPSA) is 67.3 Å². The summed E-state index contributed by atoms with van der Waals surface area (Å²) in [5.41, 5.74) is 1.64. The Labute approximate surface area is 106 Å². The van der Waals surface area contributed by atoms with Gasteiger partial charge in [-0.3, -0.25) is 10.1 Å². The molecule has 1 aliphatic carbocycles. The first-order valence-corrected chi connectivity index (χ1v) is 6.54. The summed E-state index contributed by atoms with van der Waals surface area (Å²) in [6, 6.07) is 0. The van der Waals surface area contributed by atoms with Crippen molar-refractivity contribution in [1.82, 2.24) is 25.1 Å². The fourth-order valence-corrected chi connectivity index (χ4v) is 2.46. The summed E-state index contributed by atoms with van der Waals surface area (Å²) >= 11 is 0. The Morgan fingerprint density at radius 1 is 1.11 bits per heavy atom. The van der Waals surface area contributed by atoms with Crippen molar-refractivity contribution in [3.63, 3.8) is 0 Å². The average molecular weight is 243 g/mol. The highest BCUT2D eigenvalue weighted by Crippen LogP contribution is 2.31. The van der Waals surface area contributed by atoms with Gasteiger partial charge < -0.3 is 0 Å². The molecule has 1 N–H and O–H groups in total. The van der Waals surface area contributed by atoms with Crippen molar-refractivity contribution in [3.8, 4) is 11.5 Å². The number of hydrogen-bond donors (Lipinski definition) is 1. The van der Waals surface area contributed by atoms with Crippen LogP contribution in [-0.2, 0) is 0 Å². The van der Waals surface area contributed by atoms with Crippen LogP contribution in [0.3, 0.4) is 0 Å². The van der Waals surface area contributed by atoms with Crippen LogP contribution >= 0.6 is 0 Å². The highest BCUT2D eigenvalue weighted by Gasteiger charge is 2.19. The van der Waals surface area contributed by atoms with Crippen molar-refractivity contribution in [2.75, 3.05) is 0 Å². The fraction of sp³-hybridized carbons (Fsp3) is 0.538. The van der Waals surface area contributed by atoms with Crippen molar-refractivity contribution >= 4 is 0 Å². The summed E-state index contributed by atoms with van der Waals surface area (Å²) in [6.07, 6.45) is 9.84. The van der Waals surface area contributed by atoms with Gasteiger partial charge in [0.2, 0.25) is 5.82 Å². The van der Waals surface area contributed by atoms with Crippen LogP contribution in [0.4, 0.5) is 0 Å². The van der Waals surface area contributed by atoms with Crippen LogP contribution in [0.1, 0.15) is 49.5 Å². The van der Waals surface area contributed by atoms with Gasteiger partial charge in [-0.1, -0.05) is 19.3 Å². The van der Waals surface area contributed by atoms with Gasteiger partial charge in [0.05, 0.1) is 11.9 Å². The van der Waals surface area contributed by atoms with Crippen LogP contribution < -0.4 is 0 Å². The van der Waals surface area contributed by atoms with E-state index in [1.807, 2.05) is 6.92 Å². The lowest BCUT2D eigenvalue weighted by atomic mass is 9.89. The van der Waals surface area contributed by atoms with E-state index in [-0.39, 0.29) is 0 Å². The molecule has 2 aromatic heterocycles. The third kappa shape index (κ3) is 2.25. The van der Waals surface area contributed by atoms with Crippen molar-refractivity contribution < 1.29 is 0 Å². The highest BCUT2D eigenvalue weighted by atomic mass is 15.2. The Bertz CT molecular complexity index is 510. The molecule has 1 fully saturated rings. The molecule has 18 heavy (non-hydrogen) atoms. The lowest BCUT2D eigenvalue weighted by Gasteiger charge is -2.18. The Kier molecular flexibility index (Phi) is 3.04. The third-order valence-electron chi connectivity index (χ3n) is 3.50. The monoisotopic (exact) mass is 243 g/mol. The lowest BCUT2D eigenvalue weighted by Crippen LogP contribution is -2.06. The summed E-state index contributed by atoms with van der Waals surface area (Å²) in [7, 11) is 0. The standard InChI is InChI=1S/C13H17N5/c1-9-7-15-11(8-14-9)13-16-12(17-18-13)10-5-3-2-4-6-10/h7-8,10H,2-6H2,1H3,(H,16,17,18). The van der Waals surface area contributed by atoms with E-state index < -0.39 is 0 Å². The van der Waals surface area contributed by atoms with Crippen LogP contribution in [0.25, 0.3) is 11.5 Å². The number of aromatic nitrogens is 5. The molecule has 5 heteroatoms. The summed E-state index contributed by atoms with van der Waals surface area (Å²) in [5.74, 6) is 2.20. The molecule has 0 atom stereocenters. The molecule has 0 unspecified atom stereocenters. The number of aryl methyl sites for hydroxylation is 1. The maximum atomic E-state index is 4.56. The van der Waals surface area contributed by atoms with Crippen LogP contribution in [-0.4, -0.2) is 25.1 Å². The van der Waals surface area contributed by atoms with Crippen LogP contribution in [0.15, 0.2) is 12.4 Å². The van der Waals surface area contributed by atoms with Gasteiger partial charge in [0, 0.05) is 12.1 Å². The third-order valence-corrected chi connectivity index (χ3v) is 3.50. The second-order valence-corrected chi connectivity index (χ2v) is 4.92. The largest absolute Gasteiger partial charge is 0.262 e. The number of H-pyrrole nitrogens is 1. The van der Waals surface area contributed by atoms with Gasteiger partial charge in [-0.2, -0.15) is 5.10 Å². The van der Waals surface area contributed by atoms with E-state index in [4.69, 9.17) is 0 Å². The molecular weight excluding hydrogens is 226 g/mol. The summed E-state index contributed by atoms with van der Waals surface area (Å²) in [5, 5.41) is 7.31. The molecular formula is C13H17N5. The zero-order valence-electron chi connectivity index (χ0n) is 10.6. The average Bonchev–Trinajstić information content (AvgIpc) is 2.90. The number of aromatic amines is 1. The first kappa shape index (κ1) is 11.3. The number of nitrogens with zero attached hydrogens (tertiary/aromatic N) is 4. The Morgan fingerprint density at radius 3 is 2.67 bits per heavy atom. The van der Waals surface area contributed by atoms with Gasteiger partial charge >= 0.3 is 0 Å². The molecule has 0 saturated heterocycles. The van der Waals surface area contributed by atoms with Crippen LogP contribution in [0.2, 0.25) is 0 Å². The van der Waals surface area contributed by atoms with Crippen LogP contribution in [0, 0.1) is 6.92 Å². The first-order chi connectivity index (χ1) is 8.83. The lowest BCUT2D eigenvalue weighted by molar-refractivity contribution is 0.429. The van der Waals surface area contributed by atoms with Gasteiger partial charge in [0.1, 0.15) is 11.5 Å². The number of rotatable bonds is 2. The summed E-state index contributed by atoms with van der Waals surface area (Å²) in [4.78, 5) is 13.1. The number of hydrogen-bond acceptors (Lipinski definition) is 4. The molecule has 2 heterocycles. The molecule has 5 nitrogen and oxygen atoms in total. The molecule has 1 aliphatic rings. The van der Waals surface area contributed by atoms with E-state index in [2.05, 4.69) is 25.1 Å². The van der Waals surface area contributed by atoms with E-state index >= 15 is 0 Å². The molecule has 94 valence electrons. The summed E-state index contributed by atoms with van der Waals surface area (Å²) < 4.78 is 0. The molecule has 0 spiro atoms. The normalized spacial score (nSPS) is 16.9. The van der Waals surface area contributed by atoms with Gasteiger partial charge in [0.15, 0.2) is 0 Å². The molecule has 1 saturated carbocycles. The molecule has 0 radical (unpaired) electrons. The fourth-order valence-electron chi connectivity index (χ4n) is 2.46. The maximum Gasteiger partial charge on any atom is 0.201 e. The predicted molar refractivity (Wildman–Crippen MR) is 68.0 cm³/mol. The van der Waals surface area contributed by atoms with E-state index in [0.717, 1.165) is 17.2 Å². The minimum Gasteiger partial charge on any atom is -0.262 e. The van der Waals surface area contributed by atoms with Crippen LogP contribution in [0.5, 0.6) is 0 Å². The van der Waals surface area contributed by atoms with Crippen molar-refractivity contribution in [1.29, 1.82) is 0 Å². The molecule has 0 aliphatic heterocycles. The molecule has 0 aromatic carbocycles. The summed E-state index contributed by atoms with van der Waals surface area (Å²) in [6.45, 7) is 1.92. The van der Waals surface area contributed by atoms with Gasteiger partial charge in [-0.15, -0.1) is 0 Å². The van der Waals surface area contributed by atoms with Crippen molar-refractivity contribution in [3.05, 3.63) is 23.9 Å². The van der Waals surface area contributed by atoms with Crippen molar-refractivity contribution in [2.24, 2.45) is 0 Å². The van der Waals surface area contributed by atoms with E-state index in [1.165, 1.54) is 32.1 Å². The highest BCUT2D eigenvalue weighted by molar-refractivity contribution is 5.46. The zero-order valence-corrected chi connectivity index (χ0v) is 10.6. The Morgan fingerprint density at radius 2 is 1.94 bits per heavy atom. The minimum absolute atomic E-state index is 0.540. The molecule has 3 rings (SSSR count). The van der Waals surface area contributed by atoms with E-state index in [9.17, 15) is 0 Å². The Hall–Kier alpha value is -1.78. The quantitative estimate of drug-likeness (QED) is 0.880. The Balaban J connectivity index is 1.82. The first-order valence-electron chi connectivity index (χ1n) is 6.54. The van der Waals surface area contributed by atoms with Gasteiger partial charge in [0.25, 0.3) is 0 Å². The predicted octanol–water partition coefficient (Wildman–Crippen LogP) is 2.62. The second kappa shape index (κ2) is 4.84. The molecule has 0 bridgehead atoms. The van der Waals surface area contributed by atoms with E-state index in [0.29, 0.717) is 11.7 Å². The molecule has 0 amide bonds. The van der Waals surface area contributed by atoms with Crippen molar-refractivity contribution in [2.45, 2.75) is 44.9 Å². The second-order valence-electron chi connectivity index (χ2n) is 4.92. The smallest absolute Gasteiger partial charge is 0.201 e. The SMILES string of the molecule is Cc1cnc(-c2n[nH]c(C3CCCCC3)n2)cn1. The van der Waals surface area contributed by atoms with Gasteiger partial charge in [-0.25, -0.2) is 9.97 Å².